The number of ether oxygens (including phenoxy) is 1. The molecule has 0 spiro atoms. The minimum atomic E-state index is 0.129. The lowest BCUT2D eigenvalue weighted by molar-refractivity contribution is 0.263. The normalized spacial score (nSPS) is 19.6. The Bertz CT molecular complexity index is 570. The second kappa shape index (κ2) is 5.33. The van der Waals surface area contributed by atoms with E-state index in [4.69, 9.17) is 9.15 Å². The molecule has 100 valence electrons. The Morgan fingerprint density at radius 2 is 2.21 bits per heavy atom. The summed E-state index contributed by atoms with van der Waals surface area (Å²) >= 11 is 3.53. The number of rotatable bonds is 3. The van der Waals surface area contributed by atoms with E-state index < -0.39 is 0 Å². The molecule has 4 nitrogen and oxygen atoms in total. The van der Waals surface area contributed by atoms with Crippen LogP contribution in [0, 0.1) is 0 Å². The topological polar surface area (TPSA) is 48.2 Å². The first-order chi connectivity index (χ1) is 9.29. The van der Waals surface area contributed by atoms with Gasteiger partial charge in [-0.1, -0.05) is 41.1 Å². The van der Waals surface area contributed by atoms with Crippen LogP contribution in [0.2, 0.25) is 0 Å². The zero-order valence-electron chi connectivity index (χ0n) is 10.7. The average molecular weight is 323 g/mol. The highest BCUT2D eigenvalue weighted by Gasteiger charge is 2.28. The van der Waals surface area contributed by atoms with Gasteiger partial charge in [-0.3, -0.25) is 0 Å². The van der Waals surface area contributed by atoms with Crippen LogP contribution in [0.5, 0.6) is 5.75 Å². The molecule has 0 saturated carbocycles. The van der Waals surface area contributed by atoms with E-state index in [1.807, 2.05) is 18.2 Å². The number of hydrogen-bond acceptors (Lipinski definition) is 4. The first-order valence-corrected chi connectivity index (χ1v) is 7.40. The van der Waals surface area contributed by atoms with Gasteiger partial charge in [-0.25, -0.2) is 0 Å². The standard InChI is InChI=1S/C14H15BrN2O2/c1-2-11(15)14-17-16-13(19-14)10-7-8-18-12-6-4-3-5-9(10)12/h3-6,10-11H,2,7-8H2,1H3. The minimum Gasteiger partial charge on any atom is -0.493 e. The van der Waals surface area contributed by atoms with E-state index in [1.165, 1.54) is 0 Å². The van der Waals surface area contributed by atoms with Gasteiger partial charge in [-0.15, -0.1) is 10.2 Å². The summed E-state index contributed by atoms with van der Waals surface area (Å²) in [6.07, 6.45) is 1.80. The maximum absolute atomic E-state index is 5.81. The van der Waals surface area contributed by atoms with Crippen molar-refractivity contribution in [3.8, 4) is 5.75 Å². The highest BCUT2D eigenvalue weighted by Crippen LogP contribution is 2.38. The molecule has 0 aliphatic carbocycles. The Balaban J connectivity index is 1.93. The molecule has 2 aromatic rings. The molecule has 0 N–H and O–H groups in total. The first kappa shape index (κ1) is 12.7. The van der Waals surface area contributed by atoms with Gasteiger partial charge in [0.15, 0.2) is 0 Å². The maximum atomic E-state index is 5.81. The quantitative estimate of drug-likeness (QED) is 0.806. The number of benzene rings is 1. The van der Waals surface area contributed by atoms with Gasteiger partial charge in [-0.05, 0) is 18.9 Å². The van der Waals surface area contributed by atoms with Crippen LogP contribution in [0.15, 0.2) is 28.7 Å². The zero-order chi connectivity index (χ0) is 13.2. The monoisotopic (exact) mass is 322 g/mol. The van der Waals surface area contributed by atoms with Crippen LogP contribution in [0.1, 0.15) is 47.9 Å². The molecule has 1 aliphatic heterocycles. The van der Waals surface area contributed by atoms with E-state index in [0.717, 1.165) is 24.2 Å². The van der Waals surface area contributed by atoms with Crippen molar-refractivity contribution in [2.45, 2.75) is 30.5 Å². The molecule has 3 rings (SSSR count). The van der Waals surface area contributed by atoms with Gasteiger partial charge in [0.1, 0.15) is 5.75 Å². The zero-order valence-corrected chi connectivity index (χ0v) is 12.3. The number of para-hydroxylation sites is 1. The third-order valence-corrected chi connectivity index (χ3v) is 4.38. The third kappa shape index (κ3) is 2.39. The van der Waals surface area contributed by atoms with Crippen LogP contribution in [0.4, 0.5) is 0 Å². The van der Waals surface area contributed by atoms with Crippen LogP contribution in [0.3, 0.4) is 0 Å². The van der Waals surface area contributed by atoms with Crippen molar-refractivity contribution in [3.05, 3.63) is 41.6 Å². The van der Waals surface area contributed by atoms with Gasteiger partial charge in [0.05, 0.1) is 17.4 Å². The van der Waals surface area contributed by atoms with E-state index in [2.05, 4.69) is 39.1 Å². The number of fused-ring (bicyclic) bond motifs is 1. The van der Waals surface area contributed by atoms with Crippen molar-refractivity contribution >= 4 is 15.9 Å². The lowest BCUT2D eigenvalue weighted by atomic mass is 9.93. The Kier molecular flexibility index (Phi) is 3.55. The predicted molar refractivity (Wildman–Crippen MR) is 74.7 cm³/mol. The smallest absolute Gasteiger partial charge is 0.230 e. The third-order valence-electron chi connectivity index (χ3n) is 3.34. The van der Waals surface area contributed by atoms with Crippen LogP contribution in [0.25, 0.3) is 0 Å². The molecule has 0 saturated heterocycles. The number of alkyl halides is 1. The Labute approximate surface area is 120 Å². The van der Waals surface area contributed by atoms with Gasteiger partial charge in [0, 0.05) is 5.56 Å². The molecule has 2 heterocycles. The van der Waals surface area contributed by atoms with Gasteiger partial charge in [-0.2, -0.15) is 0 Å². The first-order valence-electron chi connectivity index (χ1n) is 6.48. The maximum Gasteiger partial charge on any atom is 0.230 e. The SMILES string of the molecule is CCC(Br)c1nnc(C2CCOc3ccccc32)o1. The van der Waals surface area contributed by atoms with Crippen LogP contribution >= 0.6 is 15.9 Å². The summed E-state index contributed by atoms with van der Waals surface area (Å²) in [5.41, 5.74) is 1.13. The van der Waals surface area contributed by atoms with Crippen molar-refractivity contribution < 1.29 is 9.15 Å². The van der Waals surface area contributed by atoms with Crippen molar-refractivity contribution in [1.82, 2.24) is 10.2 Å². The summed E-state index contributed by atoms with van der Waals surface area (Å²) in [6, 6.07) is 8.04. The van der Waals surface area contributed by atoms with E-state index in [1.54, 1.807) is 0 Å². The molecule has 1 aromatic carbocycles. The fraction of sp³-hybridized carbons (Fsp3) is 0.429. The van der Waals surface area contributed by atoms with E-state index in [9.17, 15) is 0 Å². The molecule has 0 bridgehead atoms. The van der Waals surface area contributed by atoms with Crippen LogP contribution in [-0.2, 0) is 0 Å². The van der Waals surface area contributed by atoms with Crippen molar-refractivity contribution in [1.29, 1.82) is 0 Å². The van der Waals surface area contributed by atoms with Crippen molar-refractivity contribution in [3.63, 3.8) is 0 Å². The summed E-state index contributed by atoms with van der Waals surface area (Å²) in [6.45, 7) is 2.76. The molecule has 0 amide bonds. The van der Waals surface area contributed by atoms with Gasteiger partial charge in [0.25, 0.3) is 0 Å². The van der Waals surface area contributed by atoms with Crippen molar-refractivity contribution in [2.24, 2.45) is 0 Å². The average Bonchev–Trinajstić information content (AvgIpc) is 2.95. The number of halogens is 1. The Morgan fingerprint density at radius 3 is 3.05 bits per heavy atom. The lowest BCUT2D eigenvalue weighted by Gasteiger charge is -2.23. The predicted octanol–water partition coefficient (Wildman–Crippen LogP) is 3.83. The molecule has 1 aromatic heterocycles. The number of aromatic nitrogens is 2. The summed E-state index contributed by atoms with van der Waals surface area (Å²) < 4.78 is 11.5. The minimum absolute atomic E-state index is 0.129. The molecular formula is C14H15BrN2O2. The highest BCUT2D eigenvalue weighted by molar-refractivity contribution is 9.09. The number of nitrogens with zero attached hydrogens (tertiary/aromatic N) is 2. The summed E-state index contributed by atoms with van der Waals surface area (Å²) in [4.78, 5) is 0.129. The van der Waals surface area contributed by atoms with Crippen molar-refractivity contribution in [2.75, 3.05) is 6.61 Å². The second-order valence-electron chi connectivity index (χ2n) is 4.58. The molecule has 5 heteroatoms. The molecule has 2 unspecified atom stereocenters. The highest BCUT2D eigenvalue weighted by atomic mass is 79.9. The van der Waals surface area contributed by atoms with Gasteiger partial charge < -0.3 is 9.15 Å². The second-order valence-corrected chi connectivity index (χ2v) is 5.69. The fourth-order valence-corrected chi connectivity index (χ4v) is 2.47. The fourth-order valence-electron chi connectivity index (χ4n) is 2.29. The molecule has 19 heavy (non-hydrogen) atoms. The summed E-state index contributed by atoms with van der Waals surface area (Å²) in [5, 5.41) is 8.34. The van der Waals surface area contributed by atoms with Crippen LogP contribution in [-0.4, -0.2) is 16.8 Å². The lowest BCUT2D eigenvalue weighted by Crippen LogP contribution is -2.15. The van der Waals surface area contributed by atoms with Gasteiger partial charge in [0.2, 0.25) is 11.8 Å². The molecule has 1 aliphatic rings. The molecule has 2 atom stereocenters. The molecule has 0 fully saturated rings. The largest absolute Gasteiger partial charge is 0.493 e. The van der Waals surface area contributed by atoms with E-state index >= 15 is 0 Å². The number of hydrogen-bond donors (Lipinski definition) is 0. The van der Waals surface area contributed by atoms with E-state index in [0.29, 0.717) is 18.4 Å². The summed E-state index contributed by atoms with van der Waals surface area (Å²) in [5.74, 6) is 2.40. The molecule has 0 radical (unpaired) electrons. The van der Waals surface area contributed by atoms with E-state index in [-0.39, 0.29) is 10.7 Å². The van der Waals surface area contributed by atoms with Crippen LogP contribution < -0.4 is 4.74 Å². The van der Waals surface area contributed by atoms with Gasteiger partial charge >= 0.3 is 0 Å². The Hall–Kier alpha value is -1.36. The Morgan fingerprint density at radius 1 is 1.37 bits per heavy atom. The summed E-state index contributed by atoms with van der Waals surface area (Å²) in [7, 11) is 0. The molecular weight excluding hydrogens is 308 g/mol.